The first-order valence-corrected chi connectivity index (χ1v) is 8.97. The minimum Gasteiger partial charge on any atom is -0.506 e. The average molecular weight is 383 g/mol. The van der Waals surface area contributed by atoms with Crippen LogP contribution >= 0.6 is 0 Å². The first kappa shape index (κ1) is 18.2. The van der Waals surface area contributed by atoms with Crippen molar-refractivity contribution in [3.8, 4) is 17.2 Å². The third-order valence-electron chi connectivity index (χ3n) is 4.87. The van der Waals surface area contributed by atoms with E-state index in [1.807, 2.05) is 6.07 Å². The second-order valence-corrected chi connectivity index (χ2v) is 6.47. The first-order chi connectivity index (χ1) is 13.6. The van der Waals surface area contributed by atoms with Crippen molar-refractivity contribution >= 4 is 23.5 Å². The number of cyclic esters (lactones) is 1. The summed E-state index contributed by atoms with van der Waals surface area (Å²) in [5.41, 5.74) is 2.49. The zero-order valence-corrected chi connectivity index (χ0v) is 15.7. The number of carbonyl (C=O) groups excluding carboxylic acids is 1. The fourth-order valence-electron chi connectivity index (χ4n) is 3.51. The van der Waals surface area contributed by atoms with E-state index in [2.05, 4.69) is 4.90 Å². The molecule has 0 unspecified atom stereocenters. The van der Waals surface area contributed by atoms with Crippen LogP contribution in [0.5, 0.6) is 17.2 Å². The zero-order chi connectivity index (χ0) is 19.7. The van der Waals surface area contributed by atoms with Gasteiger partial charge in [0.1, 0.15) is 11.5 Å². The van der Waals surface area contributed by atoms with E-state index in [1.165, 1.54) is 14.2 Å². The molecule has 0 amide bonds. The van der Waals surface area contributed by atoms with E-state index in [0.717, 1.165) is 5.56 Å². The Bertz CT molecular complexity index is 946. The van der Waals surface area contributed by atoms with Crippen molar-refractivity contribution in [2.24, 2.45) is 0 Å². The Hall–Kier alpha value is -3.19. The lowest BCUT2D eigenvalue weighted by Crippen LogP contribution is -2.36. The lowest BCUT2D eigenvalue weighted by Gasteiger charge is -2.30. The number of nitrogens with zero attached hydrogens (tertiary/aromatic N) is 1. The molecule has 2 heterocycles. The maximum absolute atomic E-state index is 12.4. The number of fused-ring (bicyclic) bond motifs is 1. The highest BCUT2D eigenvalue weighted by Crippen LogP contribution is 2.41. The highest BCUT2D eigenvalue weighted by Gasteiger charge is 2.29. The van der Waals surface area contributed by atoms with Crippen LogP contribution in [0.1, 0.15) is 21.5 Å². The molecule has 2 aromatic carbocycles. The molecule has 0 radical (unpaired) electrons. The third-order valence-corrected chi connectivity index (χ3v) is 4.87. The Morgan fingerprint density at radius 1 is 1.07 bits per heavy atom. The number of phenolic OH excluding ortho intramolecular Hbond substituents is 1. The Labute approximate surface area is 162 Å². The number of anilines is 1. The van der Waals surface area contributed by atoms with E-state index in [9.17, 15) is 9.90 Å². The van der Waals surface area contributed by atoms with Gasteiger partial charge in [-0.05, 0) is 24.3 Å². The Kier molecular flexibility index (Phi) is 4.83. The summed E-state index contributed by atoms with van der Waals surface area (Å²) in [6, 6.07) is 8.63. The standard InChI is InChI=1S/C21H21NO6/c1-25-18-11-14-15(12-19(18)26-2)21(24)28-17(14)10-13-4-3-5-16(23)20(13)22-6-8-27-9-7-22/h3-5,10-12,23H,6-9H2,1-2H3/b17-10+. The number of morpholine rings is 1. The summed E-state index contributed by atoms with van der Waals surface area (Å²) in [5.74, 6) is 1.10. The van der Waals surface area contributed by atoms with E-state index in [1.54, 1.807) is 30.3 Å². The minimum atomic E-state index is -0.449. The van der Waals surface area contributed by atoms with Gasteiger partial charge < -0.3 is 29.0 Å². The van der Waals surface area contributed by atoms with Crippen LogP contribution in [0.25, 0.3) is 11.8 Å². The van der Waals surface area contributed by atoms with E-state index >= 15 is 0 Å². The second kappa shape index (κ2) is 7.44. The van der Waals surface area contributed by atoms with Crippen molar-refractivity contribution < 1.29 is 28.8 Å². The number of benzene rings is 2. The molecule has 146 valence electrons. The number of methoxy groups -OCH3 is 2. The number of hydrogen-bond donors (Lipinski definition) is 1. The van der Waals surface area contributed by atoms with E-state index in [4.69, 9.17) is 18.9 Å². The van der Waals surface area contributed by atoms with Gasteiger partial charge in [-0.2, -0.15) is 0 Å². The van der Waals surface area contributed by atoms with Gasteiger partial charge in [0.15, 0.2) is 11.5 Å². The van der Waals surface area contributed by atoms with Gasteiger partial charge in [-0.3, -0.25) is 0 Å². The number of phenols is 1. The predicted octanol–water partition coefficient (Wildman–Crippen LogP) is 2.91. The Morgan fingerprint density at radius 2 is 1.75 bits per heavy atom. The van der Waals surface area contributed by atoms with Crippen molar-refractivity contribution in [3.05, 3.63) is 47.0 Å². The van der Waals surface area contributed by atoms with Crippen LogP contribution in [0.15, 0.2) is 30.3 Å². The van der Waals surface area contributed by atoms with E-state index in [0.29, 0.717) is 60.4 Å². The minimum absolute atomic E-state index is 0.174. The highest BCUT2D eigenvalue weighted by atomic mass is 16.5. The van der Waals surface area contributed by atoms with E-state index in [-0.39, 0.29) is 5.75 Å². The third kappa shape index (κ3) is 3.14. The maximum Gasteiger partial charge on any atom is 0.344 e. The largest absolute Gasteiger partial charge is 0.506 e. The van der Waals surface area contributed by atoms with Crippen LogP contribution in [-0.2, 0) is 9.47 Å². The van der Waals surface area contributed by atoms with Crippen molar-refractivity contribution in [1.82, 2.24) is 0 Å². The number of para-hydroxylation sites is 1. The Balaban J connectivity index is 1.80. The number of hydrogen-bond acceptors (Lipinski definition) is 7. The summed E-state index contributed by atoms with van der Waals surface area (Å²) in [6.45, 7) is 2.54. The molecule has 2 aromatic rings. The van der Waals surface area contributed by atoms with Gasteiger partial charge in [-0.25, -0.2) is 4.79 Å². The summed E-state index contributed by atoms with van der Waals surface area (Å²) in [5, 5.41) is 10.5. The molecule has 1 fully saturated rings. The molecular formula is C21H21NO6. The molecule has 2 aliphatic rings. The molecule has 0 spiro atoms. The first-order valence-electron chi connectivity index (χ1n) is 8.97. The predicted molar refractivity (Wildman–Crippen MR) is 104 cm³/mol. The fourth-order valence-corrected chi connectivity index (χ4v) is 3.51. The summed E-state index contributed by atoms with van der Waals surface area (Å²) >= 11 is 0. The van der Waals surface area contributed by atoms with Crippen LogP contribution in [-0.4, -0.2) is 51.6 Å². The van der Waals surface area contributed by atoms with Crippen molar-refractivity contribution in [2.45, 2.75) is 0 Å². The van der Waals surface area contributed by atoms with Gasteiger partial charge in [-0.1, -0.05) is 12.1 Å². The number of carbonyl (C=O) groups is 1. The summed E-state index contributed by atoms with van der Waals surface area (Å²) < 4.78 is 21.5. The molecule has 1 saturated heterocycles. The zero-order valence-electron chi connectivity index (χ0n) is 15.7. The van der Waals surface area contributed by atoms with Gasteiger partial charge in [0.05, 0.1) is 38.7 Å². The Morgan fingerprint density at radius 3 is 2.43 bits per heavy atom. The number of ether oxygens (including phenoxy) is 4. The second-order valence-electron chi connectivity index (χ2n) is 6.47. The maximum atomic E-state index is 12.4. The average Bonchev–Trinajstić information content (AvgIpc) is 3.02. The van der Waals surface area contributed by atoms with Crippen LogP contribution in [0.4, 0.5) is 5.69 Å². The number of rotatable bonds is 4. The topological polar surface area (TPSA) is 77.5 Å². The number of esters is 1. The van der Waals surface area contributed by atoms with Gasteiger partial charge in [-0.15, -0.1) is 0 Å². The lowest BCUT2D eigenvalue weighted by atomic mass is 10.0. The van der Waals surface area contributed by atoms with Crippen LogP contribution < -0.4 is 14.4 Å². The lowest BCUT2D eigenvalue weighted by molar-refractivity contribution is 0.0717. The van der Waals surface area contributed by atoms with Crippen LogP contribution in [0, 0.1) is 0 Å². The molecule has 0 atom stereocenters. The molecule has 2 aliphatic heterocycles. The van der Waals surface area contributed by atoms with Crippen molar-refractivity contribution in [3.63, 3.8) is 0 Å². The van der Waals surface area contributed by atoms with Crippen LogP contribution in [0.3, 0.4) is 0 Å². The molecule has 1 N–H and O–H groups in total. The van der Waals surface area contributed by atoms with Crippen LogP contribution in [0.2, 0.25) is 0 Å². The smallest absolute Gasteiger partial charge is 0.344 e. The molecule has 0 saturated carbocycles. The normalized spacial score (nSPS) is 17.4. The quantitative estimate of drug-likeness (QED) is 0.814. The molecule has 7 nitrogen and oxygen atoms in total. The monoisotopic (exact) mass is 383 g/mol. The molecule has 7 heteroatoms. The van der Waals surface area contributed by atoms with Crippen molar-refractivity contribution in [2.75, 3.05) is 45.4 Å². The summed E-state index contributed by atoms with van der Waals surface area (Å²) in [6.07, 6.45) is 1.76. The molecular weight excluding hydrogens is 362 g/mol. The molecule has 4 rings (SSSR count). The van der Waals surface area contributed by atoms with Gasteiger partial charge in [0, 0.05) is 24.2 Å². The highest BCUT2D eigenvalue weighted by molar-refractivity contribution is 6.07. The summed E-state index contributed by atoms with van der Waals surface area (Å²) in [7, 11) is 3.06. The van der Waals surface area contributed by atoms with Gasteiger partial charge >= 0.3 is 5.97 Å². The SMILES string of the molecule is COc1cc2c(cc1OC)/C(=C\c1cccc(O)c1N1CCOCC1)OC2=O. The molecule has 0 aromatic heterocycles. The van der Waals surface area contributed by atoms with Gasteiger partial charge in [0.2, 0.25) is 0 Å². The van der Waals surface area contributed by atoms with E-state index < -0.39 is 5.97 Å². The fraction of sp³-hybridized carbons (Fsp3) is 0.286. The summed E-state index contributed by atoms with van der Waals surface area (Å²) in [4.78, 5) is 14.4. The molecule has 28 heavy (non-hydrogen) atoms. The molecule has 0 bridgehead atoms. The van der Waals surface area contributed by atoms with Gasteiger partial charge in [0.25, 0.3) is 0 Å². The molecule has 0 aliphatic carbocycles. The van der Waals surface area contributed by atoms with Crippen molar-refractivity contribution in [1.29, 1.82) is 0 Å². The number of aromatic hydroxyl groups is 1.